The lowest BCUT2D eigenvalue weighted by Gasteiger charge is -2.27. The van der Waals surface area contributed by atoms with Crippen molar-refractivity contribution in [3.05, 3.63) is 27.7 Å². The fourth-order valence-corrected chi connectivity index (χ4v) is 3.55. The van der Waals surface area contributed by atoms with Gasteiger partial charge in [-0.05, 0) is 32.6 Å². The predicted octanol–water partition coefficient (Wildman–Crippen LogP) is 0.284. The lowest BCUT2D eigenvalue weighted by molar-refractivity contribution is -0.134. The van der Waals surface area contributed by atoms with Gasteiger partial charge in [-0.25, -0.2) is 14.1 Å². The minimum atomic E-state index is -0.426. The standard InChI is InChI=1S/C15H20N6O3/c1-10-11(18-24-17-10)9-20-15(23)21-12(5-4-6-13(21)16-20)14(22)19-7-2-3-8-19/h12H,2-9H2,1H3. The molecule has 0 spiro atoms. The Morgan fingerprint density at radius 3 is 2.75 bits per heavy atom. The monoisotopic (exact) mass is 332 g/mol. The second kappa shape index (κ2) is 5.88. The summed E-state index contributed by atoms with van der Waals surface area (Å²) in [5, 5.41) is 11.9. The van der Waals surface area contributed by atoms with Gasteiger partial charge in [-0.2, -0.15) is 5.10 Å². The Balaban J connectivity index is 1.66. The number of carbonyl (C=O) groups is 1. The van der Waals surface area contributed by atoms with Crippen LogP contribution in [-0.4, -0.2) is 48.6 Å². The molecule has 128 valence electrons. The van der Waals surface area contributed by atoms with Gasteiger partial charge in [0.2, 0.25) is 5.91 Å². The second-order valence-electron chi connectivity index (χ2n) is 6.46. The molecule has 1 atom stereocenters. The van der Waals surface area contributed by atoms with Gasteiger partial charge in [0.25, 0.3) is 0 Å². The molecule has 2 aromatic rings. The molecule has 2 aliphatic rings. The van der Waals surface area contributed by atoms with E-state index >= 15 is 0 Å². The Morgan fingerprint density at radius 2 is 2.04 bits per heavy atom. The van der Waals surface area contributed by atoms with Crippen LogP contribution in [0.15, 0.2) is 9.42 Å². The first-order chi connectivity index (χ1) is 11.6. The van der Waals surface area contributed by atoms with Crippen LogP contribution in [0, 0.1) is 6.92 Å². The number of rotatable bonds is 3. The van der Waals surface area contributed by atoms with Crippen molar-refractivity contribution in [3.8, 4) is 0 Å². The van der Waals surface area contributed by atoms with Crippen molar-refractivity contribution >= 4 is 5.91 Å². The zero-order chi connectivity index (χ0) is 16.7. The largest absolute Gasteiger partial charge is 0.347 e. The first-order valence-corrected chi connectivity index (χ1v) is 8.40. The molecule has 0 aromatic carbocycles. The molecule has 0 N–H and O–H groups in total. The van der Waals surface area contributed by atoms with Gasteiger partial charge in [-0.1, -0.05) is 10.3 Å². The molecule has 2 aromatic heterocycles. The van der Waals surface area contributed by atoms with E-state index in [0.717, 1.165) is 32.4 Å². The highest BCUT2D eigenvalue weighted by atomic mass is 16.6. The zero-order valence-corrected chi connectivity index (χ0v) is 13.6. The molecule has 1 saturated heterocycles. The number of nitrogens with zero attached hydrogens (tertiary/aromatic N) is 6. The minimum absolute atomic E-state index is 0.0504. The predicted molar refractivity (Wildman–Crippen MR) is 82.4 cm³/mol. The highest BCUT2D eigenvalue weighted by molar-refractivity contribution is 5.80. The van der Waals surface area contributed by atoms with E-state index in [9.17, 15) is 9.59 Å². The van der Waals surface area contributed by atoms with E-state index in [4.69, 9.17) is 0 Å². The van der Waals surface area contributed by atoms with Gasteiger partial charge in [-0.15, -0.1) is 0 Å². The lowest BCUT2D eigenvalue weighted by atomic mass is 10.0. The molecule has 2 aliphatic heterocycles. The van der Waals surface area contributed by atoms with Crippen LogP contribution in [-0.2, 0) is 17.8 Å². The summed E-state index contributed by atoms with van der Waals surface area (Å²) in [6.45, 7) is 3.56. The number of hydrogen-bond acceptors (Lipinski definition) is 6. The number of aryl methyl sites for hydroxylation is 2. The van der Waals surface area contributed by atoms with E-state index in [1.807, 2.05) is 4.90 Å². The van der Waals surface area contributed by atoms with E-state index in [1.54, 1.807) is 11.5 Å². The summed E-state index contributed by atoms with van der Waals surface area (Å²) < 4.78 is 7.61. The van der Waals surface area contributed by atoms with Crippen molar-refractivity contribution in [2.45, 2.75) is 51.6 Å². The molecule has 9 heteroatoms. The molecule has 4 rings (SSSR count). The molecule has 0 aliphatic carbocycles. The Kier molecular flexibility index (Phi) is 3.70. The third-order valence-corrected chi connectivity index (χ3v) is 4.88. The van der Waals surface area contributed by atoms with Gasteiger partial charge in [0.05, 0.1) is 6.54 Å². The molecule has 0 radical (unpaired) electrons. The molecule has 0 bridgehead atoms. The average Bonchev–Trinajstić information content (AvgIpc) is 3.30. The summed E-state index contributed by atoms with van der Waals surface area (Å²) in [7, 11) is 0. The smallest absolute Gasteiger partial charge is 0.341 e. The fraction of sp³-hybridized carbons (Fsp3) is 0.667. The normalized spacial score (nSPS) is 20.4. The third-order valence-electron chi connectivity index (χ3n) is 4.88. The first-order valence-electron chi connectivity index (χ1n) is 8.40. The summed E-state index contributed by atoms with van der Waals surface area (Å²) in [5.41, 5.74) is 0.956. The molecule has 9 nitrogen and oxygen atoms in total. The van der Waals surface area contributed by atoms with Crippen LogP contribution in [0.25, 0.3) is 0 Å². The summed E-state index contributed by atoms with van der Waals surface area (Å²) in [5.74, 6) is 0.729. The highest BCUT2D eigenvalue weighted by Gasteiger charge is 2.34. The Hall–Kier alpha value is -2.45. The van der Waals surface area contributed by atoms with E-state index < -0.39 is 6.04 Å². The van der Waals surface area contributed by atoms with Crippen molar-refractivity contribution in [2.75, 3.05) is 13.1 Å². The fourth-order valence-electron chi connectivity index (χ4n) is 3.55. The maximum Gasteiger partial charge on any atom is 0.347 e. The number of fused-ring (bicyclic) bond motifs is 1. The van der Waals surface area contributed by atoms with Gasteiger partial charge in [0.1, 0.15) is 23.3 Å². The average molecular weight is 332 g/mol. The second-order valence-corrected chi connectivity index (χ2v) is 6.46. The van der Waals surface area contributed by atoms with Crippen LogP contribution in [0.5, 0.6) is 0 Å². The number of likely N-dealkylation sites (tertiary alicyclic amines) is 1. The van der Waals surface area contributed by atoms with E-state index in [1.165, 1.54) is 4.68 Å². The summed E-state index contributed by atoms with van der Waals surface area (Å²) >= 11 is 0. The van der Waals surface area contributed by atoms with Gasteiger partial charge < -0.3 is 4.90 Å². The van der Waals surface area contributed by atoms with Crippen molar-refractivity contribution in [1.29, 1.82) is 0 Å². The lowest BCUT2D eigenvalue weighted by Crippen LogP contribution is -2.41. The molecule has 4 heterocycles. The Labute approximate surface area is 138 Å². The number of amides is 1. The van der Waals surface area contributed by atoms with Crippen LogP contribution < -0.4 is 5.69 Å². The van der Waals surface area contributed by atoms with Crippen molar-refractivity contribution in [1.82, 2.24) is 29.6 Å². The third kappa shape index (κ3) is 2.44. The molecule has 1 unspecified atom stereocenters. The van der Waals surface area contributed by atoms with Crippen LogP contribution >= 0.6 is 0 Å². The van der Waals surface area contributed by atoms with E-state index in [0.29, 0.717) is 30.1 Å². The topological polar surface area (TPSA) is 99.0 Å². The van der Waals surface area contributed by atoms with Crippen LogP contribution in [0.4, 0.5) is 0 Å². The molecular weight excluding hydrogens is 312 g/mol. The quantitative estimate of drug-likeness (QED) is 0.801. The van der Waals surface area contributed by atoms with Gasteiger partial charge in [-0.3, -0.25) is 9.36 Å². The SMILES string of the molecule is Cc1nonc1Cn1nc2n(c1=O)C(C(=O)N1CCCC1)CCC2. The highest BCUT2D eigenvalue weighted by Crippen LogP contribution is 2.25. The molecule has 1 amide bonds. The number of aromatic nitrogens is 5. The van der Waals surface area contributed by atoms with Gasteiger partial charge in [0.15, 0.2) is 0 Å². The maximum absolute atomic E-state index is 12.8. The number of hydrogen-bond donors (Lipinski definition) is 0. The van der Waals surface area contributed by atoms with Crippen LogP contribution in [0.2, 0.25) is 0 Å². The molecular formula is C15H20N6O3. The van der Waals surface area contributed by atoms with Crippen LogP contribution in [0.3, 0.4) is 0 Å². The molecule has 1 fully saturated rings. The van der Waals surface area contributed by atoms with Crippen LogP contribution in [0.1, 0.15) is 48.9 Å². The first kappa shape index (κ1) is 15.1. The van der Waals surface area contributed by atoms with E-state index in [2.05, 4.69) is 20.0 Å². The van der Waals surface area contributed by atoms with Crippen molar-refractivity contribution in [2.24, 2.45) is 0 Å². The van der Waals surface area contributed by atoms with Gasteiger partial charge >= 0.3 is 5.69 Å². The van der Waals surface area contributed by atoms with Gasteiger partial charge in [0, 0.05) is 19.5 Å². The van der Waals surface area contributed by atoms with Crippen molar-refractivity contribution < 1.29 is 9.42 Å². The maximum atomic E-state index is 12.8. The Morgan fingerprint density at radius 1 is 1.25 bits per heavy atom. The van der Waals surface area contributed by atoms with Crippen molar-refractivity contribution in [3.63, 3.8) is 0 Å². The van der Waals surface area contributed by atoms with E-state index in [-0.39, 0.29) is 18.1 Å². The number of carbonyl (C=O) groups excluding carboxylic acids is 1. The summed E-state index contributed by atoms with van der Waals surface area (Å²) in [6, 6.07) is -0.426. The minimum Gasteiger partial charge on any atom is -0.341 e. The summed E-state index contributed by atoms with van der Waals surface area (Å²) in [6.07, 6.45) is 4.35. The zero-order valence-electron chi connectivity index (χ0n) is 13.6. The molecule has 24 heavy (non-hydrogen) atoms. The molecule has 0 saturated carbocycles. The Bertz CT molecular complexity index is 814. The summed E-state index contributed by atoms with van der Waals surface area (Å²) in [4.78, 5) is 27.5.